The van der Waals surface area contributed by atoms with E-state index in [1.165, 1.54) is 101 Å². The minimum absolute atomic E-state index is 0.00226. The second kappa shape index (κ2) is 30.9. The smallest absolute Gasteiger partial charge is 0.416 e. The van der Waals surface area contributed by atoms with Crippen LogP contribution in [-0.2, 0) is 49.4 Å². The topological polar surface area (TPSA) is 165 Å². The number of fused-ring (bicyclic) bond motifs is 1. The summed E-state index contributed by atoms with van der Waals surface area (Å²) in [4.78, 5) is 60.4. The second-order valence-corrected chi connectivity index (χ2v) is 27.2. The van der Waals surface area contributed by atoms with Crippen LogP contribution in [0, 0.1) is 0 Å². The van der Waals surface area contributed by atoms with Crippen LogP contribution < -0.4 is 40.9 Å². The number of hydrogen-bond donors (Lipinski definition) is 2. The number of carbonyl (C=O) groups excluding carboxylic acids is 4. The molecule has 13 nitrogen and oxygen atoms in total. The predicted octanol–water partition coefficient (Wildman–Crippen LogP) is 21.4. The minimum atomic E-state index is -5.39. The Morgan fingerprint density at radius 2 is 0.625 bits per heavy atom. The van der Waals surface area contributed by atoms with Gasteiger partial charge in [0, 0.05) is 27.3 Å². The van der Waals surface area contributed by atoms with Crippen LogP contribution in [0.15, 0.2) is 233 Å². The molecule has 1 unspecified atom stereocenters. The fraction of sp³-hybridized carbons (Fsp3) is 0.123. The number of esters is 4. The summed E-state index contributed by atoms with van der Waals surface area (Å²) in [6, 6.07) is 22.2. The molecule has 8 aromatic carbocycles. The summed E-state index contributed by atoms with van der Waals surface area (Å²) in [6.45, 7) is 1.46. The van der Waals surface area contributed by atoms with Crippen LogP contribution in [0.2, 0.25) is 0 Å². The summed E-state index contributed by atoms with van der Waals surface area (Å²) in [6.07, 6.45) is -40.4. The number of halogens is 26. The molecule has 4 bridgehead atoms. The highest BCUT2D eigenvalue weighted by atomic mass is 35.5. The molecule has 13 rings (SSSR count). The first kappa shape index (κ1) is 85.1. The third-order valence-corrected chi connectivity index (χ3v) is 19.0. The molecule has 0 saturated heterocycles. The molecule has 10 aromatic rings. The number of benzene rings is 8. The molecule has 1 atom stereocenters. The third-order valence-electron chi connectivity index (χ3n) is 18.3. The molecule has 5 heterocycles. The number of nitrogens with two attached hydrogens (primary N) is 1. The number of rotatable bonds is 12. The Morgan fingerprint density at radius 3 is 0.933 bits per heavy atom. The van der Waals surface area contributed by atoms with Gasteiger partial charge in [0.05, 0.1) is 111 Å². The van der Waals surface area contributed by atoms with E-state index in [1.54, 1.807) is 0 Å². The number of hydrogen-bond acceptors (Lipinski definition) is 11. The van der Waals surface area contributed by atoms with E-state index in [4.69, 9.17) is 52.9 Å². The number of nitrogens with one attached hydrogen (secondary N) is 1. The van der Waals surface area contributed by atoms with Crippen molar-refractivity contribution in [1.82, 2.24) is 9.35 Å². The molecule has 0 spiro atoms. The molecule has 0 radical (unpaired) electrons. The quantitative estimate of drug-likeness (QED) is 0.0683. The summed E-state index contributed by atoms with van der Waals surface area (Å²) < 4.78 is 358. The van der Waals surface area contributed by atoms with Crippen molar-refractivity contribution in [3.63, 3.8) is 0 Å². The van der Waals surface area contributed by atoms with Crippen LogP contribution >= 0.6 is 23.2 Å². The van der Waals surface area contributed by atoms with Gasteiger partial charge in [-0.05, 0) is 192 Å². The minimum Gasteiger partial charge on any atom is -0.423 e. The van der Waals surface area contributed by atoms with Crippen molar-refractivity contribution in [2.75, 3.05) is 5.53 Å². The Kier molecular flexibility index (Phi) is 21.9. The number of aliphatic imine (C=N–C) groups is 1. The Hall–Kier alpha value is -12.8. The Labute approximate surface area is 665 Å². The second-order valence-electron chi connectivity index (χ2n) is 26.4. The van der Waals surface area contributed by atoms with Crippen LogP contribution in [0.25, 0.3) is 22.3 Å². The van der Waals surface area contributed by atoms with E-state index >= 15 is 0 Å². The largest absolute Gasteiger partial charge is 0.423 e. The Bertz CT molecular complexity index is 6050. The summed E-state index contributed by atoms with van der Waals surface area (Å²) in [5.74, 6) is -10.8. The first-order valence-corrected chi connectivity index (χ1v) is 34.5. The molecule has 620 valence electrons. The van der Waals surface area contributed by atoms with Gasteiger partial charge in [0.2, 0.25) is 0 Å². The number of alkyl halides is 24. The maximum Gasteiger partial charge on any atom is 0.416 e. The molecule has 3 N–H and O–H groups in total. The van der Waals surface area contributed by atoms with E-state index in [2.05, 4.69) is 5.53 Å². The van der Waals surface area contributed by atoms with Crippen molar-refractivity contribution in [2.45, 2.75) is 62.4 Å². The lowest BCUT2D eigenvalue weighted by atomic mass is 9.94. The molecule has 3 aliphatic heterocycles. The predicted molar refractivity (Wildman–Crippen MR) is 380 cm³/mol. The van der Waals surface area contributed by atoms with Gasteiger partial charge in [-0.1, -0.05) is 71.7 Å². The van der Waals surface area contributed by atoms with Crippen molar-refractivity contribution in [1.29, 1.82) is 0 Å². The number of ether oxygens (including phenoxy) is 4. The van der Waals surface area contributed by atoms with Gasteiger partial charge in [-0.2, -0.15) is 105 Å². The van der Waals surface area contributed by atoms with Gasteiger partial charge >= 0.3 is 73.3 Å². The van der Waals surface area contributed by atoms with E-state index in [9.17, 15) is 125 Å². The molecule has 0 aliphatic carbocycles. The lowest BCUT2D eigenvalue weighted by Gasteiger charge is -2.24. The lowest BCUT2D eigenvalue weighted by Crippen LogP contribution is -2.43. The molecule has 0 fully saturated rings. The van der Waals surface area contributed by atoms with Gasteiger partial charge < -0.3 is 24.7 Å². The van der Waals surface area contributed by atoms with Crippen LogP contribution in [0.1, 0.15) is 127 Å². The van der Waals surface area contributed by atoms with Crippen LogP contribution in [0.4, 0.5) is 105 Å². The Balaban J connectivity index is 1.03. The zero-order chi connectivity index (χ0) is 87.4. The highest BCUT2D eigenvalue weighted by Crippen LogP contribution is 2.46. The van der Waals surface area contributed by atoms with Crippen molar-refractivity contribution in [3.05, 3.63) is 339 Å². The molecule has 120 heavy (non-hydrogen) atoms. The SMILES string of the molecule is CC1=C(c2ccc(C(=O)Oc3cc(C(F)(F)F)cc(C(F)(F)F)c3)cc2)c2ccc3n2Nn2c(cc/c2=C(\c2ccc(C(=O)Oc4cc(C(F)(F)F)cc(C(F)(F)F)c4)cc2)C(N)C(Cl)=C1)=C(c1ccc(C(=O)Oc2cc(C(F)(F)F)cc(C(F)(F)F)c2)cc1)C1=NC(=C3c2ccc(C(=O)Oc3cc(C(F)(F)F)cc(C(F)(F)F)c3)cc2)C(Cl)=C1. The summed E-state index contributed by atoms with van der Waals surface area (Å²) in [5, 5.41) is -0.635. The van der Waals surface area contributed by atoms with Crippen LogP contribution in [0.5, 0.6) is 23.0 Å². The maximum atomic E-state index is 14.0. The number of nitrogens with zero attached hydrogens (tertiary/aromatic N) is 3. The van der Waals surface area contributed by atoms with Crippen LogP contribution in [-0.4, -0.2) is 45.0 Å². The van der Waals surface area contributed by atoms with Gasteiger partial charge in [0.1, 0.15) is 23.0 Å². The van der Waals surface area contributed by atoms with Gasteiger partial charge in [-0.15, -0.1) is 0 Å². The molecule has 0 amide bonds. The average Bonchev–Trinajstić information content (AvgIpc) is 1.57. The monoisotopic (exact) mass is 1740 g/mol. The summed E-state index contributed by atoms with van der Waals surface area (Å²) in [5.41, 5.74) is -6.46. The first-order chi connectivity index (χ1) is 55.8. The van der Waals surface area contributed by atoms with E-state index < -0.39 is 169 Å². The molecule has 39 heteroatoms. The third kappa shape index (κ3) is 17.8. The summed E-state index contributed by atoms with van der Waals surface area (Å²) in [7, 11) is 0. The van der Waals surface area contributed by atoms with E-state index in [1.807, 2.05) is 0 Å². The molecule has 0 saturated carbocycles. The van der Waals surface area contributed by atoms with Crippen molar-refractivity contribution < 1.29 is 143 Å². The highest BCUT2D eigenvalue weighted by Gasteiger charge is 2.43. The highest BCUT2D eigenvalue weighted by molar-refractivity contribution is 6.41. The van der Waals surface area contributed by atoms with E-state index in [0.717, 1.165) is 48.5 Å². The fourth-order valence-electron chi connectivity index (χ4n) is 12.8. The van der Waals surface area contributed by atoms with Crippen molar-refractivity contribution >= 4 is 75.1 Å². The lowest BCUT2D eigenvalue weighted by molar-refractivity contribution is -0.144. The number of carbonyl (C=O) groups is 4. The van der Waals surface area contributed by atoms with E-state index in [-0.39, 0.29) is 166 Å². The van der Waals surface area contributed by atoms with Crippen molar-refractivity contribution in [2.24, 2.45) is 10.7 Å². The fourth-order valence-corrected chi connectivity index (χ4v) is 13.3. The first-order valence-electron chi connectivity index (χ1n) is 33.8. The number of allylic oxidation sites excluding steroid dienone is 4. The normalized spacial score (nSPS) is 15.4. The van der Waals surface area contributed by atoms with E-state index in [0.29, 0.717) is 0 Å². The molecule has 2 aromatic heterocycles. The van der Waals surface area contributed by atoms with Gasteiger partial charge in [-0.3, -0.25) is 0 Å². The zero-order valence-corrected chi connectivity index (χ0v) is 60.7. The average molecular weight is 1740 g/mol. The standard InChI is InChI=1S/C81H41Cl2F24N5O8/c1-36-22-57(82)68(108)66(39-6-14-43(15-7-39)72(115)119-55-31-49(78(96,97)98)25-50(32-55)79(99,100)101)62-20-19-61-65(38-4-12-42(13-5-38)71(114)118-54-29-47(76(90,91)92)24-48(30-54)77(93,94)95)59-35-58(83)69(109-59)67(40-8-16-44(17-9-40)73(116)120-56-33-51(80(102,103)104)26-52(34-56)81(105,106)107)63-21-18-60(111(63)110-112(61)62)64(36)37-2-10-41(11-3-37)70(113)117-53-27-45(74(84,85)86)23-46(28-53)75(87,88)89/h2-35,68,110H,108H2,1H3/b57-22?,64-36?,65-61?,66-62-,69-67?. The molecular formula is C81H41Cl2F24N5O8. The summed E-state index contributed by atoms with van der Waals surface area (Å²) >= 11 is 14.7. The van der Waals surface area contributed by atoms with Crippen LogP contribution in [0.3, 0.4) is 0 Å². The van der Waals surface area contributed by atoms with Gasteiger partial charge in [-0.25, -0.2) is 39.1 Å². The zero-order valence-electron chi connectivity index (χ0n) is 59.2. The van der Waals surface area contributed by atoms with Crippen molar-refractivity contribution in [3.8, 4) is 23.0 Å². The van der Waals surface area contributed by atoms with Gasteiger partial charge in [0.25, 0.3) is 0 Å². The number of aromatic nitrogens is 2. The Morgan fingerprint density at radius 1 is 0.350 bits per heavy atom. The van der Waals surface area contributed by atoms with Gasteiger partial charge in [0.15, 0.2) is 0 Å². The molecule has 3 aliphatic rings. The molecular weight excluding hydrogens is 1700 g/mol. The maximum absolute atomic E-state index is 14.0.